The zero-order chi connectivity index (χ0) is 23.3. The summed E-state index contributed by atoms with van der Waals surface area (Å²) in [6.07, 6.45) is 4.80. The van der Waals surface area contributed by atoms with Gasteiger partial charge >= 0.3 is 0 Å². The van der Waals surface area contributed by atoms with Crippen LogP contribution < -0.4 is 4.74 Å². The van der Waals surface area contributed by atoms with E-state index in [2.05, 4.69) is 27.7 Å². The maximum Gasteiger partial charge on any atom is 0.164 e. The number of phenols is 2. The zero-order valence-corrected chi connectivity index (χ0v) is 19.5. The number of fused-ring (bicyclic) bond motifs is 5. The second-order valence-electron chi connectivity index (χ2n) is 12.0. The summed E-state index contributed by atoms with van der Waals surface area (Å²) in [4.78, 5) is 11.7. The Balaban J connectivity index is 1.62. The molecule has 6 nitrogen and oxygen atoms in total. The van der Waals surface area contributed by atoms with Crippen molar-refractivity contribution >= 4 is 6.29 Å². The summed E-state index contributed by atoms with van der Waals surface area (Å²) >= 11 is 0. The Morgan fingerprint density at radius 1 is 0.969 bits per heavy atom. The monoisotopic (exact) mass is 444 g/mol. The fraction of sp³-hybridized carbons (Fsp3) is 0.731. The molecule has 3 aliphatic carbocycles. The molecule has 3 saturated carbocycles. The molecule has 32 heavy (non-hydrogen) atoms. The van der Waals surface area contributed by atoms with E-state index in [-0.39, 0.29) is 51.8 Å². The number of aldehydes is 1. The van der Waals surface area contributed by atoms with Gasteiger partial charge in [-0.15, -0.1) is 0 Å². The van der Waals surface area contributed by atoms with Crippen LogP contribution in [0.3, 0.4) is 0 Å². The largest absolute Gasteiger partial charge is 0.504 e. The molecule has 1 spiro atoms. The van der Waals surface area contributed by atoms with Crippen LogP contribution in [0, 0.1) is 28.1 Å². The van der Waals surface area contributed by atoms with Crippen molar-refractivity contribution in [2.24, 2.45) is 28.1 Å². The fourth-order valence-corrected chi connectivity index (χ4v) is 8.71. The van der Waals surface area contributed by atoms with E-state index in [4.69, 9.17) is 4.74 Å². The van der Waals surface area contributed by atoms with Crippen LogP contribution in [0.15, 0.2) is 6.07 Å². The summed E-state index contributed by atoms with van der Waals surface area (Å²) in [6.45, 7) is 8.95. The van der Waals surface area contributed by atoms with E-state index < -0.39 is 11.7 Å². The minimum atomic E-state index is -0.963. The lowest BCUT2D eigenvalue weighted by atomic mass is 9.38. The summed E-state index contributed by atoms with van der Waals surface area (Å²) < 4.78 is 6.57. The van der Waals surface area contributed by atoms with Gasteiger partial charge in [0.15, 0.2) is 17.8 Å². The lowest BCUT2D eigenvalue weighted by molar-refractivity contribution is -0.251. The highest BCUT2D eigenvalue weighted by atomic mass is 16.5. The highest BCUT2D eigenvalue weighted by molar-refractivity contribution is 5.83. The van der Waals surface area contributed by atoms with Crippen molar-refractivity contribution in [3.63, 3.8) is 0 Å². The minimum Gasteiger partial charge on any atom is -0.504 e. The number of carbonyl (C=O) groups excluding carboxylic acids is 1. The van der Waals surface area contributed by atoms with Crippen LogP contribution >= 0.6 is 0 Å². The number of rotatable bonds is 1. The first-order valence-electron chi connectivity index (χ1n) is 12.0. The third-order valence-electron chi connectivity index (χ3n) is 10.5. The van der Waals surface area contributed by atoms with E-state index in [1.807, 2.05) is 0 Å². The van der Waals surface area contributed by atoms with E-state index in [1.165, 1.54) is 6.07 Å². The predicted molar refractivity (Wildman–Crippen MR) is 119 cm³/mol. The van der Waals surface area contributed by atoms with Crippen molar-refractivity contribution in [1.29, 1.82) is 0 Å². The third kappa shape index (κ3) is 2.46. The third-order valence-corrected chi connectivity index (χ3v) is 10.5. The first-order chi connectivity index (χ1) is 14.9. The minimum absolute atomic E-state index is 0.00131. The number of hydrogen-bond donors (Lipinski definition) is 4. The van der Waals surface area contributed by atoms with Gasteiger partial charge in [0.1, 0.15) is 11.4 Å². The summed E-state index contributed by atoms with van der Waals surface area (Å²) in [5, 5.41) is 42.9. The van der Waals surface area contributed by atoms with Crippen LogP contribution in [-0.2, 0) is 6.42 Å². The van der Waals surface area contributed by atoms with Crippen LogP contribution in [0.25, 0.3) is 0 Å². The molecule has 176 valence electrons. The Labute approximate surface area is 189 Å². The Morgan fingerprint density at radius 2 is 1.69 bits per heavy atom. The molecule has 4 aliphatic rings. The molecule has 4 N–H and O–H groups in total. The number of ether oxygens (including phenoxy) is 1. The summed E-state index contributed by atoms with van der Waals surface area (Å²) in [6, 6.07) is 1.23. The van der Waals surface area contributed by atoms with Gasteiger partial charge in [0.05, 0.1) is 17.8 Å². The first-order valence-corrected chi connectivity index (χ1v) is 12.0. The van der Waals surface area contributed by atoms with Crippen molar-refractivity contribution in [3.05, 3.63) is 17.2 Å². The molecular formula is C26H36O6. The molecule has 7 unspecified atom stereocenters. The molecular weight excluding hydrogens is 408 g/mol. The van der Waals surface area contributed by atoms with Crippen molar-refractivity contribution < 1.29 is 30.0 Å². The van der Waals surface area contributed by atoms with Crippen LogP contribution in [0.1, 0.15) is 82.1 Å². The van der Waals surface area contributed by atoms with Gasteiger partial charge in [0.2, 0.25) is 0 Å². The Kier molecular flexibility index (Phi) is 4.56. The molecule has 0 bridgehead atoms. The van der Waals surface area contributed by atoms with Gasteiger partial charge in [-0.1, -0.05) is 27.7 Å². The number of benzene rings is 1. The number of aliphatic hydroxyl groups excluding tert-OH is 2. The normalized spacial score (nSPS) is 44.3. The molecule has 6 heteroatoms. The summed E-state index contributed by atoms with van der Waals surface area (Å²) in [5.74, 6) is 0.340. The maximum atomic E-state index is 11.7. The van der Waals surface area contributed by atoms with Gasteiger partial charge < -0.3 is 25.2 Å². The lowest BCUT2D eigenvalue weighted by Crippen LogP contribution is -2.70. The van der Waals surface area contributed by atoms with Crippen LogP contribution in [0.5, 0.6) is 17.2 Å². The smallest absolute Gasteiger partial charge is 0.164 e. The number of aromatic hydroxyl groups is 2. The average Bonchev–Trinajstić information content (AvgIpc) is 3.15. The summed E-state index contributed by atoms with van der Waals surface area (Å²) in [7, 11) is 0. The van der Waals surface area contributed by atoms with Crippen LogP contribution in [-0.4, -0.2) is 44.5 Å². The number of carbonyl (C=O) groups is 1. The molecule has 1 heterocycles. The lowest BCUT2D eigenvalue weighted by Gasteiger charge is -2.68. The molecule has 1 aromatic rings. The van der Waals surface area contributed by atoms with E-state index in [1.54, 1.807) is 0 Å². The average molecular weight is 445 g/mol. The van der Waals surface area contributed by atoms with E-state index in [0.717, 1.165) is 32.1 Å². The van der Waals surface area contributed by atoms with E-state index in [0.29, 0.717) is 29.9 Å². The predicted octanol–water partition coefficient (Wildman–Crippen LogP) is 3.96. The topological polar surface area (TPSA) is 107 Å². The fourth-order valence-electron chi connectivity index (χ4n) is 8.71. The highest BCUT2D eigenvalue weighted by Gasteiger charge is 2.70. The summed E-state index contributed by atoms with van der Waals surface area (Å²) in [5.41, 5.74) is -0.901. The van der Waals surface area contributed by atoms with E-state index >= 15 is 0 Å². The molecule has 1 aliphatic heterocycles. The second-order valence-corrected chi connectivity index (χ2v) is 12.0. The van der Waals surface area contributed by atoms with Gasteiger partial charge in [-0.3, -0.25) is 4.79 Å². The number of phenolic OH excluding ortho intramolecular Hbond substituents is 2. The van der Waals surface area contributed by atoms with Crippen LogP contribution in [0.4, 0.5) is 0 Å². The molecule has 0 amide bonds. The number of aliphatic hydroxyl groups is 2. The van der Waals surface area contributed by atoms with Gasteiger partial charge in [-0.25, -0.2) is 0 Å². The second kappa shape index (κ2) is 6.63. The Morgan fingerprint density at radius 3 is 2.38 bits per heavy atom. The standard InChI is InChI=1S/C26H36O6/c1-23(2)17-7-10-25(4)18(24(17,3)9-8-19(23)29)5-6-20(30)26(25)12-15-21(31)16(28)11-14(13-27)22(15)32-26/h11,13,17-20,28-31H,5-10,12H2,1-4H3. The Bertz CT molecular complexity index is 972. The van der Waals surface area contributed by atoms with Crippen molar-refractivity contribution in [1.82, 2.24) is 0 Å². The molecule has 0 saturated heterocycles. The molecule has 1 aromatic carbocycles. The maximum absolute atomic E-state index is 11.7. The molecule has 3 fully saturated rings. The van der Waals surface area contributed by atoms with Gasteiger partial charge in [-0.2, -0.15) is 0 Å². The quantitative estimate of drug-likeness (QED) is 0.386. The van der Waals surface area contributed by atoms with Crippen molar-refractivity contribution in [3.8, 4) is 17.2 Å². The number of hydrogen-bond acceptors (Lipinski definition) is 6. The van der Waals surface area contributed by atoms with Gasteiger partial charge in [0, 0.05) is 17.4 Å². The van der Waals surface area contributed by atoms with E-state index in [9.17, 15) is 25.2 Å². The molecule has 0 radical (unpaired) electrons. The van der Waals surface area contributed by atoms with Crippen molar-refractivity contribution in [2.45, 2.75) is 90.4 Å². The van der Waals surface area contributed by atoms with Crippen LogP contribution in [0.2, 0.25) is 0 Å². The van der Waals surface area contributed by atoms with Crippen molar-refractivity contribution in [2.75, 3.05) is 0 Å². The van der Waals surface area contributed by atoms with Gasteiger partial charge in [-0.05, 0) is 67.3 Å². The first kappa shape index (κ1) is 22.0. The van der Waals surface area contributed by atoms with Gasteiger partial charge in [0.25, 0.3) is 0 Å². The zero-order valence-electron chi connectivity index (χ0n) is 19.5. The Hall–Kier alpha value is -1.79. The molecule has 0 aromatic heterocycles. The SMILES string of the molecule is CC1(C)C(O)CCC2(C)C1CCC1(C)C2CCC(O)C12Cc1c(O)c(O)cc(C=O)c1O2. The molecule has 7 atom stereocenters. The highest BCUT2D eigenvalue weighted by Crippen LogP contribution is 2.71. The molecule has 5 rings (SSSR count).